The molecule has 0 fully saturated rings. The van der Waals surface area contributed by atoms with E-state index in [0.717, 1.165) is 6.42 Å². The van der Waals surface area contributed by atoms with Crippen LogP contribution >= 0.6 is 0 Å². The molecule has 4 heteroatoms. The summed E-state index contributed by atoms with van der Waals surface area (Å²) in [7, 11) is 0. The smallest absolute Gasteiger partial charge is 1.00 e. The van der Waals surface area contributed by atoms with E-state index in [1.54, 1.807) is 0 Å². The van der Waals surface area contributed by atoms with Gasteiger partial charge < -0.3 is 37.2 Å². The third kappa shape index (κ3) is 5.37. The van der Waals surface area contributed by atoms with Crippen LogP contribution in [0.1, 0.15) is 53.6 Å². The van der Waals surface area contributed by atoms with E-state index < -0.39 is 0 Å². The minimum atomic E-state index is -0.298. The van der Waals surface area contributed by atoms with E-state index >= 15 is 0 Å². The van der Waals surface area contributed by atoms with Crippen LogP contribution in [0.15, 0.2) is 93.4 Å². The maximum Gasteiger partial charge on any atom is -1.00 e. The molecule has 4 rings (SSSR count). The van der Waals surface area contributed by atoms with E-state index in [1.165, 1.54) is 54.0 Å². The molecule has 170 valence electrons. The molecule has 0 radical (unpaired) electrons. The molecule has 0 spiro atoms. The van der Waals surface area contributed by atoms with Crippen molar-refractivity contribution < 1.29 is 57.7 Å². The second-order valence-electron chi connectivity index (χ2n) is 8.79. The van der Waals surface area contributed by atoms with Crippen molar-refractivity contribution in [2.75, 3.05) is 0 Å². The predicted molar refractivity (Wildman–Crippen MR) is 123 cm³/mol. The molecular formula is C29H29Cl3Ti. The summed E-state index contributed by atoms with van der Waals surface area (Å²) in [6.07, 6.45) is 1.02. The van der Waals surface area contributed by atoms with E-state index in [0.29, 0.717) is 0 Å². The zero-order valence-corrected chi connectivity index (χ0v) is 23.6. The first-order valence-corrected chi connectivity index (χ1v) is 11.5. The summed E-state index contributed by atoms with van der Waals surface area (Å²) in [6.45, 7) is 11.2. The van der Waals surface area contributed by atoms with Gasteiger partial charge in [-0.3, -0.25) is 0 Å². The molecule has 33 heavy (non-hydrogen) atoms. The number of hydrogen-bond acceptors (Lipinski definition) is 0. The maximum atomic E-state index is 2.38. The van der Waals surface area contributed by atoms with Gasteiger partial charge in [-0.25, -0.2) is 0 Å². The number of halogens is 3. The molecule has 0 N–H and O–H groups in total. The molecule has 0 aromatic heterocycles. The molecule has 0 saturated carbocycles. The molecular weight excluding hydrogens is 503 g/mol. The number of rotatable bonds is 4. The van der Waals surface area contributed by atoms with Gasteiger partial charge in [0, 0.05) is 0 Å². The fourth-order valence-corrected chi connectivity index (χ4v) is 5.67. The molecule has 3 aromatic rings. The average molecular weight is 532 g/mol. The third-order valence-corrected chi connectivity index (χ3v) is 7.62. The summed E-state index contributed by atoms with van der Waals surface area (Å²) < 4.78 is 1.44. The van der Waals surface area contributed by atoms with Gasteiger partial charge in [0.15, 0.2) is 0 Å². The van der Waals surface area contributed by atoms with Crippen molar-refractivity contribution in [1.82, 2.24) is 0 Å². The zero-order valence-electron chi connectivity index (χ0n) is 19.8. The Labute approximate surface area is 229 Å². The number of benzene rings is 3. The predicted octanol–water partition coefficient (Wildman–Crippen LogP) is -1.50. The molecule has 0 unspecified atom stereocenters. The Morgan fingerprint density at radius 1 is 0.606 bits per heavy atom. The number of aryl methyl sites for hydroxylation is 3. The molecule has 0 saturated heterocycles. The Balaban J connectivity index is 0.00000181. The van der Waals surface area contributed by atoms with E-state index in [-0.39, 0.29) is 42.6 Å². The minimum Gasteiger partial charge on any atom is -1.00 e. The largest absolute Gasteiger partial charge is 1.00 e. The number of allylic oxidation sites excluding steroid dienone is 4. The third-order valence-electron chi connectivity index (χ3n) is 6.56. The molecule has 0 atom stereocenters. The van der Waals surface area contributed by atoms with Crippen LogP contribution in [-0.4, -0.2) is 0 Å². The second kappa shape index (κ2) is 11.9. The van der Waals surface area contributed by atoms with Gasteiger partial charge in [0.25, 0.3) is 0 Å². The summed E-state index contributed by atoms with van der Waals surface area (Å²) in [5.41, 5.74) is 12.1. The van der Waals surface area contributed by atoms with Crippen molar-refractivity contribution in [3.63, 3.8) is 0 Å². The summed E-state index contributed by atoms with van der Waals surface area (Å²) in [6, 6.07) is 27.3. The van der Waals surface area contributed by atoms with Gasteiger partial charge in [0.1, 0.15) is 0 Å². The van der Waals surface area contributed by atoms with Crippen LogP contribution in [0.5, 0.6) is 0 Å². The molecule has 0 bridgehead atoms. The Hall–Kier alpha value is -1.28. The van der Waals surface area contributed by atoms with Crippen molar-refractivity contribution in [3.8, 4) is 0 Å². The fraction of sp³-hybridized carbons (Fsp3) is 0.241. The van der Waals surface area contributed by atoms with Crippen LogP contribution in [0.25, 0.3) is 0 Å². The average Bonchev–Trinajstić information content (AvgIpc) is 2.97. The van der Waals surface area contributed by atoms with E-state index in [4.69, 9.17) is 0 Å². The maximum absolute atomic E-state index is 2.38. The van der Waals surface area contributed by atoms with Crippen molar-refractivity contribution >= 4 is 0 Å². The van der Waals surface area contributed by atoms with Gasteiger partial charge in [-0.05, 0) is 0 Å². The molecule has 1 aliphatic rings. The van der Waals surface area contributed by atoms with Crippen LogP contribution in [0, 0.1) is 20.8 Å². The van der Waals surface area contributed by atoms with Crippen molar-refractivity contribution in [2.24, 2.45) is 0 Å². The van der Waals surface area contributed by atoms with E-state index in [9.17, 15) is 0 Å². The summed E-state index contributed by atoms with van der Waals surface area (Å²) in [5.74, 6) is 0. The van der Waals surface area contributed by atoms with E-state index in [1.807, 2.05) is 0 Å². The van der Waals surface area contributed by atoms with E-state index in [2.05, 4.69) is 128 Å². The van der Waals surface area contributed by atoms with Crippen LogP contribution in [0.2, 0.25) is 0 Å². The van der Waals surface area contributed by atoms with Gasteiger partial charge in [-0.1, -0.05) is 0 Å². The molecule has 3 aromatic carbocycles. The SMILES string of the molecule is CC1=C(C)[C]([Ti+3])=C(C(c2cccc(C)c2)(c2cccc(C)c2)c2cccc(C)c2)C1.[Cl-].[Cl-].[Cl-]. The monoisotopic (exact) mass is 530 g/mol. The van der Waals surface area contributed by atoms with Gasteiger partial charge in [0.2, 0.25) is 0 Å². The van der Waals surface area contributed by atoms with Crippen molar-refractivity contribution in [2.45, 2.75) is 46.5 Å². The number of hydrogen-bond donors (Lipinski definition) is 0. The fourth-order valence-electron chi connectivity index (χ4n) is 4.90. The van der Waals surface area contributed by atoms with Gasteiger partial charge in [-0.2, -0.15) is 0 Å². The topological polar surface area (TPSA) is 0 Å². The molecule has 0 nitrogen and oxygen atoms in total. The standard InChI is InChI=1S/C29H29.3ClH.Ti/c1-20-9-6-12-25(15-20)29(26-13-7-10-21(2)16-26,27-14-8-11-22(3)17-27)28-18-23(4)24(5)19-28;;;;/h6-17H,18H2,1-5H3;3*1H;/q;;;;+3/p-3. The second-order valence-corrected chi connectivity index (χ2v) is 9.57. The summed E-state index contributed by atoms with van der Waals surface area (Å²) in [5, 5.41) is 0. The Bertz CT molecular complexity index is 1080. The van der Waals surface area contributed by atoms with Crippen LogP contribution in [0.4, 0.5) is 0 Å². The molecule has 0 aliphatic heterocycles. The molecule has 1 aliphatic carbocycles. The molecule has 0 amide bonds. The normalized spacial score (nSPS) is 13.3. The van der Waals surface area contributed by atoms with Crippen molar-refractivity contribution in [3.05, 3.63) is 127 Å². The first-order valence-electron chi connectivity index (χ1n) is 10.7. The first-order chi connectivity index (χ1) is 14.3. The van der Waals surface area contributed by atoms with Gasteiger partial charge in [0.05, 0.1) is 0 Å². The zero-order chi connectivity index (χ0) is 21.5. The molecule has 0 heterocycles. The Kier molecular flexibility index (Phi) is 10.7. The Morgan fingerprint density at radius 2 is 0.970 bits per heavy atom. The van der Waals surface area contributed by atoms with Crippen molar-refractivity contribution in [1.29, 1.82) is 0 Å². The quantitative estimate of drug-likeness (QED) is 0.284. The van der Waals surface area contributed by atoms with Crippen LogP contribution in [0.3, 0.4) is 0 Å². The minimum absolute atomic E-state index is 0. The van der Waals surface area contributed by atoms with Crippen LogP contribution in [-0.2, 0) is 25.9 Å². The first kappa shape index (κ1) is 29.8. The van der Waals surface area contributed by atoms with Gasteiger partial charge >= 0.3 is 194 Å². The van der Waals surface area contributed by atoms with Gasteiger partial charge in [-0.15, -0.1) is 0 Å². The van der Waals surface area contributed by atoms with Crippen LogP contribution < -0.4 is 37.2 Å². The summed E-state index contributed by atoms with van der Waals surface area (Å²) >= 11 is 2.32. The summed E-state index contributed by atoms with van der Waals surface area (Å²) in [4.78, 5) is 0. The Morgan fingerprint density at radius 3 is 1.24 bits per heavy atom.